The molecule has 0 aliphatic heterocycles. The van der Waals surface area contributed by atoms with Gasteiger partial charge >= 0.3 is 0 Å². The van der Waals surface area contributed by atoms with Crippen molar-refractivity contribution < 1.29 is 0 Å². The Morgan fingerprint density at radius 2 is 2.22 bits per heavy atom. The van der Waals surface area contributed by atoms with Gasteiger partial charge in [0.15, 0.2) is 0 Å². The molecule has 18 heavy (non-hydrogen) atoms. The van der Waals surface area contributed by atoms with Crippen molar-refractivity contribution in [1.82, 2.24) is 9.97 Å². The number of nitrogen functional groups attached to an aromatic ring is 1. The van der Waals surface area contributed by atoms with E-state index in [0.29, 0.717) is 12.0 Å². The zero-order valence-corrected chi connectivity index (χ0v) is 12.0. The molecule has 0 bridgehead atoms. The standard InChI is InChI=1S/C12H19N5S/c1-5-7(2)17(4)10-9-6-8(3)18-11(9)15-12(14-10)16-13/h6-7H,5,13H2,1-4H3,(H,14,15,16). The van der Waals surface area contributed by atoms with Gasteiger partial charge in [-0.2, -0.15) is 4.98 Å². The van der Waals surface area contributed by atoms with Gasteiger partial charge in [0, 0.05) is 18.0 Å². The van der Waals surface area contributed by atoms with Crippen molar-refractivity contribution in [1.29, 1.82) is 0 Å². The molecule has 0 aliphatic rings. The molecule has 2 rings (SSSR count). The van der Waals surface area contributed by atoms with Crippen molar-refractivity contribution in [3.63, 3.8) is 0 Å². The van der Waals surface area contributed by atoms with Crippen LogP contribution < -0.4 is 16.2 Å². The van der Waals surface area contributed by atoms with Crippen LogP contribution in [0.15, 0.2) is 6.07 Å². The number of fused-ring (bicyclic) bond motifs is 1. The number of rotatable bonds is 4. The number of hydrogen-bond donors (Lipinski definition) is 2. The summed E-state index contributed by atoms with van der Waals surface area (Å²) in [6, 6.07) is 2.56. The van der Waals surface area contributed by atoms with Gasteiger partial charge in [-0.05, 0) is 26.3 Å². The fraction of sp³-hybridized carbons (Fsp3) is 0.500. The Hall–Kier alpha value is -1.40. The number of hydrogen-bond acceptors (Lipinski definition) is 6. The summed E-state index contributed by atoms with van der Waals surface area (Å²) in [7, 11) is 2.06. The van der Waals surface area contributed by atoms with Crippen molar-refractivity contribution in [2.75, 3.05) is 17.4 Å². The zero-order valence-electron chi connectivity index (χ0n) is 11.2. The highest BCUT2D eigenvalue weighted by Gasteiger charge is 2.16. The Bertz CT molecular complexity index is 551. The second kappa shape index (κ2) is 5.07. The number of thiophene rings is 1. The molecule has 0 saturated heterocycles. The summed E-state index contributed by atoms with van der Waals surface area (Å²) < 4.78 is 0. The Labute approximate surface area is 111 Å². The quantitative estimate of drug-likeness (QED) is 0.657. The van der Waals surface area contributed by atoms with Crippen LogP contribution in [0.4, 0.5) is 11.8 Å². The summed E-state index contributed by atoms with van der Waals surface area (Å²) in [5, 5.41) is 1.10. The number of aryl methyl sites for hydroxylation is 1. The molecule has 0 radical (unpaired) electrons. The summed E-state index contributed by atoms with van der Waals surface area (Å²) in [4.78, 5) is 13.3. The van der Waals surface area contributed by atoms with Crippen molar-refractivity contribution >= 4 is 33.3 Å². The van der Waals surface area contributed by atoms with Gasteiger partial charge in [-0.1, -0.05) is 6.92 Å². The van der Waals surface area contributed by atoms with E-state index in [2.05, 4.69) is 54.2 Å². The predicted octanol–water partition coefficient (Wildman–Crippen LogP) is 2.52. The molecule has 0 saturated carbocycles. The average Bonchev–Trinajstić information content (AvgIpc) is 2.75. The Kier molecular flexibility index (Phi) is 3.68. The monoisotopic (exact) mass is 265 g/mol. The maximum atomic E-state index is 5.44. The maximum Gasteiger partial charge on any atom is 0.240 e. The molecule has 1 unspecified atom stereocenters. The SMILES string of the molecule is CCC(C)N(C)c1nc(NN)nc2sc(C)cc12. The largest absolute Gasteiger partial charge is 0.356 e. The third-order valence-electron chi connectivity index (χ3n) is 3.21. The second-order valence-electron chi connectivity index (χ2n) is 4.46. The van der Waals surface area contributed by atoms with E-state index >= 15 is 0 Å². The number of aromatic nitrogens is 2. The number of nitrogens with one attached hydrogen (secondary N) is 1. The molecule has 2 heterocycles. The van der Waals surface area contributed by atoms with E-state index in [4.69, 9.17) is 5.84 Å². The lowest BCUT2D eigenvalue weighted by atomic mass is 10.2. The summed E-state index contributed by atoms with van der Waals surface area (Å²) in [5.74, 6) is 6.84. The second-order valence-corrected chi connectivity index (χ2v) is 5.69. The van der Waals surface area contributed by atoms with Crippen LogP contribution in [0.3, 0.4) is 0 Å². The highest BCUT2D eigenvalue weighted by molar-refractivity contribution is 7.18. The van der Waals surface area contributed by atoms with E-state index in [-0.39, 0.29) is 0 Å². The van der Waals surface area contributed by atoms with Crippen molar-refractivity contribution in [3.05, 3.63) is 10.9 Å². The first-order valence-electron chi connectivity index (χ1n) is 6.04. The molecule has 6 heteroatoms. The molecule has 3 N–H and O–H groups in total. The van der Waals surface area contributed by atoms with E-state index in [1.165, 1.54) is 4.88 Å². The Balaban J connectivity index is 2.59. The lowest BCUT2D eigenvalue weighted by Gasteiger charge is -2.25. The first kappa shape index (κ1) is 13.0. The molecular formula is C12H19N5S. The van der Waals surface area contributed by atoms with E-state index < -0.39 is 0 Å². The van der Waals surface area contributed by atoms with Crippen LogP contribution in [0.5, 0.6) is 0 Å². The number of anilines is 2. The van der Waals surface area contributed by atoms with E-state index in [0.717, 1.165) is 22.5 Å². The number of nitrogens with zero attached hydrogens (tertiary/aromatic N) is 3. The molecule has 2 aromatic rings. The first-order valence-corrected chi connectivity index (χ1v) is 6.86. The molecule has 5 nitrogen and oxygen atoms in total. The van der Waals surface area contributed by atoms with Crippen LogP contribution in [0.1, 0.15) is 25.1 Å². The minimum atomic E-state index is 0.425. The van der Waals surface area contributed by atoms with Crippen molar-refractivity contribution in [2.45, 2.75) is 33.2 Å². The summed E-state index contributed by atoms with van der Waals surface area (Å²) >= 11 is 1.66. The van der Waals surface area contributed by atoms with Gasteiger partial charge in [-0.15, -0.1) is 11.3 Å². The molecule has 1 atom stereocenters. The van der Waals surface area contributed by atoms with Crippen LogP contribution in [0.25, 0.3) is 10.2 Å². The highest BCUT2D eigenvalue weighted by Crippen LogP contribution is 2.32. The van der Waals surface area contributed by atoms with Gasteiger partial charge < -0.3 is 4.90 Å². The van der Waals surface area contributed by atoms with Crippen LogP contribution in [0, 0.1) is 6.92 Å². The normalized spacial score (nSPS) is 12.7. The Morgan fingerprint density at radius 3 is 2.83 bits per heavy atom. The third-order valence-corrected chi connectivity index (χ3v) is 4.16. The molecule has 2 aromatic heterocycles. The third kappa shape index (κ3) is 2.26. The first-order chi connectivity index (χ1) is 8.56. The molecule has 0 aliphatic carbocycles. The van der Waals surface area contributed by atoms with Gasteiger partial charge in [0.1, 0.15) is 10.6 Å². The molecule has 0 fully saturated rings. The van der Waals surface area contributed by atoms with Gasteiger partial charge in [0.05, 0.1) is 5.39 Å². The average molecular weight is 265 g/mol. The van der Waals surface area contributed by atoms with Crippen molar-refractivity contribution in [3.8, 4) is 0 Å². The smallest absolute Gasteiger partial charge is 0.240 e. The minimum Gasteiger partial charge on any atom is -0.356 e. The number of hydrazine groups is 1. The van der Waals surface area contributed by atoms with Crippen LogP contribution in [-0.4, -0.2) is 23.1 Å². The molecular weight excluding hydrogens is 246 g/mol. The van der Waals surface area contributed by atoms with Crippen LogP contribution in [0.2, 0.25) is 0 Å². The number of nitrogens with two attached hydrogens (primary N) is 1. The summed E-state index contributed by atoms with van der Waals surface area (Å²) in [6.07, 6.45) is 1.07. The maximum absolute atomic E-state index is 5.44. The van der Waals surface area contributed by atoms with E-state index in [1.54, 1.807) is 11.3 Å². The fourth-order valence-electron chi connectivity index (χ4n) is 1.84. The molecule has 0 spiro atoms. The van der Waals surface area contributed by atoms with E-state index in [1.807, 2.05) is 0 Å². The van der Waals surface area contributed by atoms with Gasteiger partial charge in [-0.3, -0.25) is 5.43 Å². The van der Waals surface area contributed by atoms with E-state index in [9.17, 15) is 0 Å². The molecule has 0 aromatic carbocycles. The predicted molar refractivity (Wildman–Crippen MR) is 78.1 cm³/mol. The summed E-state index contributed by atoms with van der Waals surface area (Å²) in [6.45, 7) is 6.43. The van der Waals surface area contributed by atoms with Crippen LogP contribution in [-0.2, 0) is 0 Å². The topological polar surface area (TPSA) is 67.1 Å². The fourth-order valence-corrected chi connectivity index (χ4v) is 2.72. The van der Waals surface area contributed by atoms with Gasteiger partial charge in [0.2, 0.25) is 5.95 Å². The molecule has 98 valence electrons. The minimum absolute atomic E-state index is 0.425. The molecule has 0 amide bonds. The lowest BCUT2D eigenvalue weighted by Crippen LogP contribution is -2.29. The van der Waals surface area contributed by atoms with Gasteiger partial charge in [-0.25, -0.2) is 10.8 Å². The van der Waals surface area contributed by atoms with Crippen molar-refractivity contribution in [2.24, 2.45) is 5.84 Å². The van der Waals surface area contributed by atoms with Crippen LogP contribution >= 0.6 is 11.3 Å². The zero-order chi connectivity index (χ0) is 13.3. The highest BCUT2D eigenvalue weighted by atomic mass is 32.1. The lowest BCUT2D eigenvalue weighted by molar-refractivity contribution is 0.659. The Morgan fingerprint density at radius 1 is 1.50 bits per heavy atom. The summed E-state index contributed by atoms with van der Waals surface area (Å²) in [5.41, 5.74) is 2.54. The van der Waals surface area contributed by atoms with Gasteiger partial charge in [0.25, 0.3) is 0 Å².